The number of rotatable bonds is 5. The zero-order valence-electron chi connectivity index (χ0n) is 17.3. The molecule has 1 saturated heterocycles. The minimum absolute atomic E-state index is 0. The number of aromatic nitrogens is 4. The van der Waals surface area contributed by atoms with E-state index in [1.807, 2.05) is 24.6 Å². The zero-order chi connectivity index (χ0) is 19.3. The number of nitrogens with zero attached hydrogens (tertiary/aromatic N) is 7. The molecule has 160 valence electrons. The number of guanidine groups is 1. The topological polar surface area (TPSA) is 87.6 Å². The summed E-state index contributed by atoms with van der Waals surface area (Å²) in [7, 11) is 1.99. The number of piperazine rings is 1. The van der Waals surface area contributed by atoms with Crippen molar-refractivity contribution in [3.8, 4) is 0 Å². The van der Waals surface area contributed by atoms with Crippen molar-refractivity contribution in [2.24, 2.45) is 12.0 Å². The van der Waals surface area contributed by atoms with E-state index in [4.69, 9.17) is 9.52 Å². The lowest BCUT2D eigenvalue weighted by Crippen LogP contribution is -2.53. The Kier molecular flexibility index (Phi) is 7.87. The maximum Gasteiger partial charge on any atom is 0.194 e. The van der Waals surface area contributed by atoms with Gasteiger partial charge in [0.25, 0.3) is 0 Å². The summed E-state index contributed by atoms with van der Waals surface area (Å²) in [5, 5.41) is 16.1. The molecule has 4 rings (SSSR count). The highest BCUT2D eigenvalue weighted by molar-refractivity contribution is 14.0. The van der Waals surface area contributed by atoms with E-state index in [2.05, 4.69) is 30.5 Å². The molecule has 2 aromatic heterocycles. The average Bonchev–Trinajstić information content (AvgIpc) is 3.46. The lowest BCUT2D eigenvalue weighted by atomic mass is 10.2. The summed E-state index contributed by atoms with van der Waals surface area (Å²) in [5.41, 5.74) is 0.990. The van der Waals surface area contributed by atoms with Gasteiger partial charge in [0.2, 0.25) is 0 Å². The van der Waals surface area contributed by atoms with Crippen molar-refractivity contribution in [2.75, 3.05) is 26.2 Å². The second-order valence-electron chi connectivity index (χ2n) is 7.74. The molecule has 0 bridgehead atoms. The highest BCUT2D eigenvalue weighted by Gasteiger charge is 2.24. The van der Waals surface area contributed by atoms with Gasteiger partial charge in [0.1, 0.15) is 18.6 Å². The van der Waals surface area contributed by atoms with Crippen molar-refractivity contribution in [1.82, 2.24) is 35.0 Å². The van der Waals surface area contributed by atoms with Crippen LogP contribution < -0.4 is 5.32 Å². The van der Waals surface area contributed by atoms with E-state index < -0.39 is 0 Å². The van der Waals surface area contributed by atoms with Crippen molar-refractivity contribution >= 4 is 29.9 Å². The molecule has 3 heterocycles. The predicted molar refractivity (Wildman–Crippen MR) is 121 cm³/mol. The van der Waals surface area contributed by atoms with Gasteiger partial charge in [-0.2, -0.15) is 0 Å². The van der Waals surface area contributed by atoms with Crippen molar-refractivity contribution in [3.05, 3.63) is 29.7 Å². The molecule has 2 aliphatic rings. The van der Waals surface area contributed by atoms with Crippen molar-refractivity contribution in [2.45, 2.75) is 51.7 Å². The van der Waals surface area contributed by atoms with Crippen LogP contribution in [0.4, 0.5) is 0 Å². The Morgan fingerprint density at radius 2 is 1.97 bits per heavy atom. The van der Waals surface area contributed by atoms with E-state index >= 15 is 0 Å². The van der Waals surface area contributed by atoms with E-state index in [9.17, 15) is 0 Å². The van der Waals surface area contributed by atoms with Crippen LogP contribution in [0.1, 0.15) is 43.0 Å². The Morgan fingerprint density at radius 1 is 1.21 bits per heavy atom. The Bertz CT molecular complexity index is 776. The van der Waals surface area contributed by atoms with Gasteiger partial charge in [-0.15, -0.1) is 34.2 Å². The molecule has 2 fully saturated rings. The fraction of sp³-hybridized carbons (Fsp3) is 0.684. The Balaban J connectivity index is 0.00000240. The van der Waals surface area contributed by atoms with Crippen LogP contribution in [-0.4, -0.2) is 67.9 Å². The van der Waals surface area contributed by atoms with E-state index in [-0.39, 0.29) is 24.0 Å². The molecule has 0 spiro atoms. The van der Waals surface area contributed by atoms with Crippen LogP contribution >= 0.6 is 24.0 Å². The molecule has 0 radical (unpaired) electrons. The van der Waals surface area contributed by atoms with Gasteiger partial charge < -0.3 is 19.3 Å². The molecule has 0 aromatic carbocycles. The largest absolute Gasteiger partial charge is 0.364 e. The number of aliphatic imine (C=N–C) groups is 1. The van der Waals surface area contributed by atoms with E-state index in [1.165, 1.54) is 25.7 Å². The normalized spacial score (nSPS) is 18.8. The number of aryl methyl sites for hydroxylation is 1. The molecule has 0 unspecified atom stereocenters. The highest BCUT2D eigenvalue weighted by Crippen LogP contribution is 2.18. The van der Waals surface area contributed by atoms with Gasteiger partial charge >= 0.3 is 0 Å². The summed E-state index contributed by atoms with van der Waals surface area (Å²) in [6.07, 6.45) is 6.70. The minimum atomic E-state index is 0. The SMILES string of the molecule is Cc1nnc(CN=C(NC2CCCC2)N2CCN(Cc3ccon3)CC2)n1C.I. The monoisotopic (exact) mass is 514 g/mol. The average molecular weight is 514 g/mol. The van der Waals surface area contributed by atoms with Crippen LogP contribution in [0.25, 0.3) is 0 Å². The summed E-state index contributed by atoms with van der Waals surface area (Å²) in [6, 6.07) is 2.47. The lowest BCUT2D eigenvalue weighted by Gasteiger charge is -2.37. The summed E-state index contributed by atoms with van der Waals surface area (Å²) < 4.78 is 6.95. The first-order valence-corrected chi connectivity index (χ1v) is 10.2. The molecule has 1 saturated carbocycles. The third-order valence-corrected chi connectivity index (χ3v) is 5.79. The fourth-order valence-electron chi connectivity index (χ4n) is 3.89. The van der Waals surface area contributed by atoms with Gasteiger partial charge in [-0.25, -0.2) is 4.99 Å². The Morgan fingerprint density at radius 3 is 2.59 bits per heavy atom. The van der Waals surface area contributed by atoms with Crippen LogP contribution in [0.5, 0.6) is 0 Å². The first-order valence-electron chi connectivity index (χ1n) is 10.2. The third kappa shape index (κ3) is 5.68. The van der Waals surface area contributed by atoms with Gasteiger partial charge in [0, 0.05) is 51.9 Å². The molecule has 0 atom stereocenters. The van der Waals surface area contributed by atoms with Crippen molar-refractivity contribution < 1.29 is 4.52 Å². The molecular formula is C19H31IN8O. The Labute approximate surface area is 188 Å². The second-order valence-corrected chi connectivity index (χ2v) is 7.74. The summed E-state index contributed by atoms with van der Waals surface area (Å²) in [4.78, 5) is 9.70. The van der Waals surface area contributed by atoms with Crippen LogP contribution in [0, 0.1) is 6.92 Å². The quantitative estimate of drug-likeness (QED) is 0.371. The first kappa shape index (κ1) is 22.0. The van der Waals surface area contributed by atoms with Gasteiger partial charge in [-0.1, -0.05) is 18.0 Å². The summed E-state index contributed by atoms with van der Waals surface area (Å²) in [6.45, 7) is 7.23. The number of hydrogen-bond acceptors (Lipinski definition) is 6. The molecule has 9 nitrogen and oxygen atoms in total. The van der Waals surface area contributed by atoms with Crippen LogP contribution in [0.2, 0.25) is 0 Å². The maximum absolute atomic E-state index is 4.95. The molecule has 0 amide bonds. The Hall–Kier alpha value is -1.69. The number of halogens is 1. The standard InChI is InChI=1S/C19H30N8O.HI/c1-15-22-23-18(25(15)2)13-20-19(21-16-5-3-4-6-16)27-10-8-26(9-11-27)14-17-7-12-28-24-17;/h7,12,16H,3-6,8-11,13-14H2,1-2H3,(H,20,21);1H. The summed E-state index contributed by atoms with van der Waals surface area (Å²) >= 11 is 0. The number of hydrogen-bond donors (Lipinski definition) is 1. The second kappa shape index (κ2) is 10.4. The van der Waals surface area contributed by atoms with Gasteiger partial charge in [0.05, 0.1) is 5.69 Å². The smallest absolute Gasteiger partial charge is 0.194 e. The summed E-state index contributed by atoms with van der Waals surface area (Å²) in [5.74, 6) is 2.82. The molecule has 2 aromatic rings. The van der Waals surface area contributed by atoms with Crippen molar-refractivity contribution in [1.29, 1.82) is 0 Å². The molecule has 1 aliphatic carbocycles. The molecule has 29 heavy (non-hydrogen) atoms. The van der Waals surface area contributed by atoms with Gasteiger partial charge in [0.15, 0.2) is 11.8 Å². The fourth-order valence-corrected chi connectivity index (χ4v) is 3.89. The van der Waals surface area contributed by atoms with E-state index in [0.717, 1.165) is 56.0 Å². The molecule has 10 heteroatoms. The van der Waals surface area contributed by atoms with Gasteiger partial charge in [-0.05, 0) is 19.8 Å². The van der Waals surface area contributed by atoms with Crippen molar-refractivity contribution in [3.63, 3.8) is 0 Å². The number of nitrogens with one attached hydrogen (secondary N) is 1. The molecule has 1 aliphatic heterocycles. The maximum atomic E-state index is 4.95. The molecule has 1 N–H and O–H groups in total. The lowest BCUT2D eigenvalue weighted by molar-refractivity contribution is 0.168. The van der Waals surface area contributed by atoms with Gasteiger partial charge in [-0.3, -0.25) is 4.90 Å². The van der Waals surface area contributed by atoms with E-state index in [0.29, 0.717) is 12.6 Å². The van der Waals surface area contributed by atoms with Crippen LogP contribution in [-0.2, 0) is 20.1 Å². The van der Waals surface area contributed by atoms with Crippen LogP contribution in [0.3, 0.4) is 0 Å². The highest BCUT2D eigenvalue weighted by atomic mass is 127. The van der Waals surface area contributed by atoms with Crippen LogP contribution in [0.15, 0.2) is 21.8 Å². The third-order valence-electron chi connectivity index (χ3n) is 5.79. The predicted octanol–water partition coefficient (Wildman–Crippen LogP) is 1.94. The minimum Gasteiger partial charge on any atom is -0.364 e. The molecular weight excluding hydrogens is 483 g/mol. The van der Waals surface area contributed by atoms with E-state index in [1.54, 1.807) is 6.26 Å². The first-order chi connectivity index (χ1) is 13.7. The zero-order valence-corrected chi connectivity index (χ0v) is 19.6.